The maximum atomic E-state index is 11.7. The second-order valence-corrected chi connectivity index (χ2v) is 6.74. The van der Waals surface area contributed by atoms with E-state index in [1.807, 2.05) is 6.92 Å². The smallest absolute Gasteiger partial charge is 0.207 e. The summed E-state index contributed by atoms with van der Waals surface area (Å²) in [5.41, 5.74) is 0. The Morgan fingerprint density at radius 3 is 2.56 bits per heavy atom. The molecule has 0 radical (unpaired) electrons. The number of unbranched alkanes of at least 4 members (excludes halogenated alkanes) is 1. The number of carbonyl (C=O) groups excluding carboxylic acids is 1. The minimum absolute atomic E-state index is 0.0140. The molecule has 0 spiro atoms. The molecule has 4 heteroatoms. The van der Waals surface area contributed by atoms with E-state index in [0.29, 0.717) is 6.42 Å². The standard InChI is InChI=1S/C12H21O3P/c1-5-6-7-8-9-11(2)12(13)10-16(4,14)15-3/h11H,5-6,9-10H2,1-4H3/t11-,16?/m0/s1. The van der Waals surface area contributed by atoms with Crippen LogP contribution in [0.5, 0.6) is 0 Å². The maximum absolute atomic E-state index is 11.7. The molecule has 92 valence electrons. The number of Topliss-reactive ketones (excluding diaryl/α,β-unsaturated/α-hetero) is 1. The predicted molar refractivity (Wildman–Crippen MR) is 66.9 cm³/mol. The zero-order valence-electron chi connectivity index (χ0n) is 10.6. The van der Waals surface area contributed by atoms with Crippen molar-refractivity contribution in [3.8, 4) is 11.8 Å². The van der Waals surface area contributed by atoms with E-state index in [1.54, 1.807) is 0 Å². The zero-order valence-corrected chi connectivity index (χ0v) is 11.5. The van der Waals surface area contributed by atoms with E-state index < -0.39 is 7.37 Å². The van der Waals surface area contributed by atoms with Crippen molar-refractivity contribution in [1.29, 1.82) is 0 Å². The molecule has 0 heterocycles. The van der Waals surface area contributed by atoms with Gasteiger partial charge >= 0.3 is 0 Å². The fraction of sp³-hybridized carbons (Fsp3) is 0.750. The molecule has 0 N–H and O–H groups in total. The van der Waals surface area contributed by atoms with Crippen LogP contribution in [0, 0.1) is 17.8 Å². The van der Waals surface area contributed by atoms with E-state index in [9.17, 15) is 9.36 Å². The molecule has 0 aromatic rings. The van der Waals surface area contributed by atoms with Crippen LogP contribution in [0.1, 0.15) is 33.1 Å². The SMILES string of the molecule is CCCC#CC[C@H](C)C(=O)CP(C)(=O)OC. The highest BCUT2D eigenvalue weighted by Crippen LogP contribution is 2.41. The van der Waals surface area contributed by atoms with Crippen molar-refractivity contribution < 1.29 is 13.9 Å². The number of hydrogen-bond donors (Lipinski definition) is 0. The Morgan fingerprint density at radius 2 is 2.06 bits per heavy atom. The predicted octanol–water partition coefficient (Wildman–Crippen LogP) is 2.94. The third-order valence-corrected chi connectivity index (χ3v) is 3.95. The lowest BCUT2D eigenvalue weighted by Gasteiger charge is -2.12. The van der Waals surface area contributed by atoms with Gasteiger partial charge in [-0.1, -0.05) is 13.8 Å². The van der Waals surface area contributed by atoms with Crippen LogP contribution in [0.3, 0.4) is 0 Å². The largest absolute Gasteiger partial charge is 0.332 e. The monoisotopic (exact) mass is 244 g/mol. The van der Waals surface area contributed by atoms with Crippen LogP contribution >= 0.6 is 7.37 Å². The van der Waals surface area contributed by atoms with Gasteiger partial charge in [-0.3, -0.25) is 9.36 Å². The van der Waals surface area contributed by atoms with Crippen molar-refractivity contribution in [3.05, 3.63) is 0 Å². The zero-order chi connectivity index (χ0) is 12.6. The number of ketones is 1. The molecule has 0 saturated heterocycles. The van der Waals surface area contributed by atoms with E-state index in [0.717, 1.165) is 12.8 Å². The van der Waals surface area contributed by atoms with Crippen LogP contribution in [-0.4, -0.2) is 25.7 Å². The van der Waals surface area contributed by atoms with Crippen molar-refractivity contribution >= 4 is 13.2 Å². The molecule has 1 unspecified atom stereocenters. The first-order valence-electron chi connectivity index (χ1n) is 5.53. The van der Waals surface area contributed by atoms with Crippen molar-refractivity contribution in [2.24, 2.45) is 5.92 Å². The average Bonchev–Trinajstić information content (AvgIpc) is 2.23. The molecular formula is C12H21O3P. The van der Waals surface area contributed by atoms with Crippen molar-refractivity contribution in [3.63, 3.8) is 0 Å². The molecule has 16 heavy (non-hydrogen) atoms. The lowest BCUT2D eigenvalue weighted by atomic mass is 10.0. The summed E-state index contributed by atoms with van der Waals surface area (Å²) < 4.78 is 16.4. The van der Waals surface area contributed by atoms with Gasteiger partial charge in [0.15, 0.2) is 0 Å². The van der Waals surface area contributed by atoms with Crippen molar-refractivity contribution in [1.82, 2.24) is 0 Å². The molecule has 0 bridgehead atoms. The Balaban J connectivity index is 4.11. The van der Waals surface area contributed by atoms with E-state index in [-0.39, 0.29) is 17.9 Å². The van der Waals surface area contributed by atoms with Gasteiger partial charge in [-0.2, -0.15) is 0 Å². The van der Waals surface area contributed by atoms with E-state index in [2.05, 4.69) is 18.8 Å². The second kappa shape index (κ2) is 7.65. The van der Waals surface area contributed by atoms with Gasteiger partial charge in [0.25, 0.3) is 0 Å². The van der Waals surface area contributed by atoms with E-state index in [4.69, 9.17) is 4.52 Å². The molecule has 3 nitrogen and oxygen atoms in total. The highest BCUT2D eigenvalue weighted by Gasteiger charge is 2.22. The summed E-state index contributed by atoms with van der Waals surface area (Å²) >= 11 is 0. The highest BCUT2D eigenvalue weighted by molar-refractivity contribution is 7.59. The van der Waals surface area contributed by atoms with Crippen LogP contribution in [0.25, 0.3) is 0 Å². The molecular weight excluding hydrogens is 223 g/mol. The first-order valence-corrected chi connectivity index (χ1v) is 7.79. The fourth-order valence-electron chi connectivity index (χ4n) is 1.06. The van der Waals surface area contributed by atoms with E-state index in [1.165, 1.54) is 13.8 Å². The Bertz CT molecular complexity index is 325. The lowest BCUT2D eigenvalue weighted by Crippen LogP contribution is -2.15. The first-order chi connectivity index (χ1) is 7.43. The third kappa shape index (κ3) is 6.82. The minimum Gasteiger partial charge on any atom is -0.332 e. The molecule has 0 aliphatic rings. The molecule has 0 aromatic heterocycles. The molecule has 2 atom stereocenters. The summed E-state index contributed by atoms with van der Waals surface area (Å²) in [4.78, 5) is 11.7. The first kappa shape index (κ1) is 15.4. The summed E-state index contributed by atoms with van der Waals surface area (Å²) in [7, 11) is -1.35. The lowest BCUT2D eigenvalue weighted by molar-refractivity contribution is -0.119. The Hall–Kier alpha value is -0.580. The van der Waals surface area contributed by atoms with Crippen LogP contribution in [0.2, 0.25) is 0 Å². The topological polar surface area (TPSA) is 43.4 Å². The Kier molecular flexibility index (Phi) is 7.38. The van der Waals surface area contributed by atoms with Crippen LogP contribution in [-0.2, 0) is 13.9 Å². The van der Waals surface area contributed by atoms with Crippen molar-refractivity contribution in [2.45, 2.75) is 33.1 Å². The van der Waals surface area contributed by atoms with Gasteiger partial charge in [-0.25, -0.2) is 0 Å². The van der Waals surface area contributed by atoms with Gasteiger partial charge in [0, 0.05) is 32.5 Å². The summed E-state index contributed by atoms with van der Waals surface area (Å²) in [5, 5.41) is 0. The van der Waals surface area contributed by atoms with Gasteiger partial charge < -0.3 is 4.52 Å². The summed E-state index contributed by atoms with van der Waals surface area (Å²) in [6.45, 7) is 5.37. The summed E-state index contributed by atoms with van der Waals surface area (Å²) in [5.74, 6) is 5.78. The van der Waals surface area contributed by atoms with Crippen LogP contribution < -0.4 is 0 Å². The number of rotatable bonds is 6. The quantitative estimate of drug-likeness (QED) is 0.533. The highest BCUT2D eigenvalue weighted by atomic mass is 31.2. The van der Waals surface area contributed by atoms with Crippen molar-refractivity contribution in [2.75, 3.05) is 19.9 Å². The molecule has 0 aliphatic carbocycles. The normalized spacial score (nSPS) is 15.8. The Morgan fingerprint density at radius 1 is 1.44 bits per heavy atom. The third-order valence-electron chi connectivity index (χ3n) is 2.29. The van der Waals surface area contributed by atoms with Gasteiger partial charge in [0.2, 0.25) is 7.37 Å². The summed E-state index contributed by atoms with van der Waals surface area (Å²) in [6.07, 6.45) is 2.46. The molecule has 0 amide bonds. The fourth-order valence-corrected chi connectivity index (χ4v) is 2.06. The number of hydrogen-bond acceptors (Lipinski definition) is 3. The van der Waals surface area contributed by atoms with E-state index >= 15 is 0 Å². The summed E-state index contributed by atoms with van der Waals surface area (Å²) in [6, 6.07) is 0. The van der Waals surface area contributed by atoms with Gasteiger partial charge in [0.05, 0.1) is 6.16 Å². The molecule has 0 rings (SSSR count). The van der Waals surface area contributed by atoms with Crippen LogP contribution in [0.4, 0.5) is 0 Å². The maximum Gasteiger partial charge on any atom is 0.207 e. The van der Waals surface area contributed by atoms with Crippen LogP contribution in [0.15, 0.2) is 0 Å². The second-order valence-electron chi connectivity index (χ2n) is 4.03. The Labute approximate surface area is 98.4 Å². The molecule has 0 aliphatic heterocycles. The number of carbonyl (C=O) groups is 1. The molecule has 0 saturated carbocycles. The van der Waals surface area contributed by atoms with Gasteiger partial charge in [0.1, 0.15) is 5.78 Å². The molecule has 0 aromatic carbocycles. The molecule has 0 fully saturated rings. The van der Waals surface area contributed by atoms with Gasteiger partial charge in [-0.15, -0.1) is 11.8 Å². The van der Waals surface area contributed by atoms with Gasteiger partial charge in [-0.05, 0) is 6.42 Å². The minimum atomic E-state index is -2.73. The average molecular weight is 244 g/mol.